The van der Waals surface area contributed by atoms with E-state index < -0.39 is 59.3 Å². The summed E-state index contributed by atoms with van der Waals surface area (Å²) in [6, 6.07) is 0.853. The first-order valence-electron chi connectivity index (χ1n) is 13.7. The number of nitrogens with one attached hydrogen (secondary N) is 1. The molecule has 3 heterocycles. The van der Waals surface area contributed by atoms with Gasteiger partial charge in [-0.15, -0.1) is 6.42 Å². The van der Waals surface area contributed by atoms with Crippen molar-refractivity contribution in [2.24, 2.45) is 11.7 Å². The fraction of sp³-hybridized carbons (Fsp3) is 0.586. The lowest BCUT2D eigenvalue weighted by molar-refractivity contribution is -0.141. The van der Waals surface area contributed by atoms with Crippen molar-refractivity contribution in [3.05, 3.63) is 35.4 Å². The number of nitrogens with two attached hydrogens (primary N) is 1. The number of amides is 4. The highest BCUT2D eigenvalue weighted by atomic mass is 19.4. The number of alkyl halides is 3. The molecule has 3 aliphatic heterocycles. The third-order valence-electron chi connectivity index (χ3n) is 8.03. The van der Waals surface area contributed by atoms with Gasteiger partial charge in [-0.3, -0.25) is 14.4 Å². The Morgan fingerprint density at radius 1 is 1.00 bits per heavy atom. The van der Waals surface area contributed by atoms with Crippen LogP contribution in [0.1, 0.15) is 75.2 Å². The Balaban J connectivity index is 1.58. The van der Waals surface area contributed by atoms with Crippen LogP contribution in [0.4, 0.5) is 18.0 Å². The molecule has 222 valence electrons. The van der Waals surface area contributed by atoms with E-state index in [0.717, 1.165) is 12.1 Å². The molecule has 2 unspecified atom stereocenters. The maximum absolute atomic E-state index is 14.0. The number of alkyl carbamates (subject to hydrolysis) is 1. The van der Waals surface area contributed by atoms with E-state index in [4.69, 9.17) is 16.9 Å². The predicted molar refractivity (Wildman–Crippen MR) is 142 cm³/mol. The van der Waals surface area contributed by atoms with Gasteiger partial charge in [0.15, 0.2) is 0 Å². The van der Waals surface area contributed by atoms with Crippen LogP contribution in [-0.4, -0.2) is 69.4 Å². The smallest absolute Gasteiger partial charge is 0.416 e. The number of hydrogen-bond donors (Lipinski definition) is 2. The van der Waals surface area contributed by atoms with E-state index in [1.54, 1.807) is 25.7 Å². The van der Waals surface area contributed by atoms with Crippen LogP contribution in [0.15, 0.2) is 24.3 Å². The van der Waals surface area contributed by atoms with Crippen molar-refractivity contribution in [1.82, 2.24) is 15.1 Å². The first-order chi connectivity index (χ1) is 19.1. The maximum Gasteiger partial charge on any atom is 0.416 e. The number of piperidine rings is 1. The van der Waals surface area contributed by atoms with Gasteiger partial charge in [-0.05, 0) is 89.5 Å². The molecule has 5 atom stereocenters. The van der Waals surface area contributed by atoms with Gasteiger partial charge >= 0.3 is 12.3 Å². The fourth-order valence-corrected chi connectivity index (χ4v) is 6.31. The lowest BCUT2D eigenvalue weighted by Gasteiger charge is -2.42. The molecule has 3 N–H and O–H groups in total. The minimum Gasteiger partial charge on any atom is -0.444 e. The molecule has 0 aromatic heterocycles. The Morgan fingerprint density at radius 2 is 1.59 bits per heavy atom. The van der Waals surface area contributed by atoms with Gasteiger partial charge in [0.2, 0.25) is 11.8 Å². The summed E-state index contributed by atoms with van der Waals surface area (Å²) in [4.78, 5) is 55.4. The SMILES string of the molecule is C#CC1CCC(C(N)=O)N1C(=O)[C@@H](NC(=O)OC(C)(C)C)C1C[C@@H]2CC[C@@H](C1)N2C(=O)c1ccc(C(F)(F)F)cc1. The Bertz CT molecular complexity index is 1220. The molecule has 3 fully saturated rings. The van der Waals surface area contributed by atoms with Gasteiger partial charge in [0, 0.05) is 17.6 Å². The number of likely N-dealkylation sites (tertiary alicyclic amines) is 1. The number of carbonyl (C=O) groups excluding carboxylic acids is 4. The summed E-state index contributed by atoms with van der Waals surface area (Å²) in [7, 11) is 0. The zero-order chi connectivity index (χ0) is 30.3. The van der Waals surface area contributed by atoms with E-state index in [0.29, 0.717) is 38.5 Å². The zero-order valence-electron chi connectivity index (χ0n) is 23.2. The van der Waals surface area contributed by atoms with Gasteiger partial charge in [0.25, 0.3) is 5.91 Å². The second-order valence-electron chi connectivity index (χ2n) is 12.0. The average molecular weight is 577 g/mol. The molecule has 2 bridgehead atoms. The number of halogens is 3. The molecule has 4 rings (SSSR count). The number of ether oxygens (including phenoxy) is 1. The highest BCUT2D eigenvalue weighted by Gasteiger charge is 2.50. The summed E-state index contributed by atoms with van der Waals surface area (Å²) in [6.07, 6.45) is 3.03. The van der Waals surface area contributed by atoms with E-state index in [1.807, 2.05) is 0 Å². The monoisotopic (exact) mass is 576 g/mol. The van der Waals surface area contributed by atoms with E-state index in [-0.39, 0.29) is 23.6 Å². The summed E-state index contributed by atoms with van der Waals surface area (Å²) in [5.41, 5.74) is 4.05. The van der Waals surface area contributed by atoms with Gasteiger partial charge < -0.3 is 25.6 Å². The molecular weight excluding hydrogens is 541 g/mol. The number of benzene rings is 1. The molecule has 3 saturated heterocycles. The number of carbonyl (C=O) groups is 4. The summed E-state index contributed by atoms with van der Waals surface area (Å²) in [6.45, 7) is 5.06. The first kappa shape index (κ1) is 30.2. The van der Waals surface area contributed by atoms with Crippen LogP contribution in [-0.2, 0) is 20.5 Å². The second kappa shape index (κ2) is 11.3. The highest BCUT2D eigenvalue weighted by Crippen LogP contribution is 2.42. The van der Waals surface area contributed by atoms with Crippen molar-refractivity contribution in [2.45, 2.75) is 101 Å². The third-order valence-corrected chi connectivity index (χ3v) is 8.03. The van der Waals surface area contributed by atoms with Gasteiger partial charge in [0.05, 0.1) is 11.6 Å². The van der Waals surface area contributed by atoms with E-state index in [2.05, 4.69) is 11.2 Å². The van der Waals surface area contributed by atoms with Crippen molar-refractivity contribution in [1.29, 1.82) is 0 Å². The van der Waals surface area contributed by atoms with Crippen molar-refractivity contribution < 1.29 is 37.1 Å². The lowest BCUT2D eigenvalue weighted by atomic mass is 9.83. The quantitative estimate of drug-likeness (QED) is 0.520. The van der Waals surface area contributed by atoms with Crippen LogP contribution in [0.5, 0.6) is 0 Å². The Labute approximate surface area is 236 Å². The molecule has 9 nitrogen and oxygen atoms in total. The first-order valence-corrected chi connectivity index (χ1v) is 13.7. The van der Waals surface area contributed by atoms with Gasteiger partial charge in [-0.25, -0.2) is 4.79 Å². The van der Waals surface area contributed by atoms with Crippen LogP contribution < -0.4 is 11.1 Å². The molecule has 0 aliphatic carbocycles. The third kappa shape index (κ3) is 6.44. The van der Waals surface area contributed by atoms with Crippen molar-refractivity contribution in [3.8, 4) is 12.3 Å². The largest absolute Gasteiger partial charge is 0.444 e. The minimum atomic E-state index is -4.51. The molecule has 1 aromatic carbocycles. The van der Waals surface area contributed by atoms with Crippen LogP contribution in [0, 0.1) is 18.3 Å². The fourth-order valence-electron chi connectivity index (χ4n) is 6.31. The molecule has 41 heavy (non-hydrogen) atoms. The summed E-state index contributed by atoms with van der Waals surface area (Å²) in [5, 5.41) is 2.71. The average Bonchev–Trinajstić information content (AvgIpc) is 3.43. The summed E-state index contributed by atoms with van der Waals surface area (Å²) >= 11 is 0. The molecular formula is C29H35F3N4O5. The molecule has 3 aliphatic rings. The van der Waals surface area contributed by atoms with Crippen molar-refractivity contribution in [2.75, 3.05) is 0 Å². The molecule has 1 aromatic rings. The van der Waals surface area contributed by atoms with Crippen molar-refractivity contribution in [3.63, 3.8) is 0 Å². The predicted octanol–water partition coefficient (Wildman–Crippen LogP) is 3.46. The Kier molecular flexibility index (Phi) is 8.30. The van der Waals surface area contributed by atoms with E-state index in [1.165, 1.54) is 17.0 Å². The number of rotatable bonds is 5. The number of nitrogens with zero attached hydrogens (tertiary/aromatic N) is 2. The highest BCUT2D eigenvalue weighted by molar-refractivity contribution is 5.95. The molecule has 4 amide bonds. The van der Waals surface area contributed by atoms with Crippen molar-refractivity contribution >= 4 is 23.8 Å². The lowest BCUT2D eigenvalue weighted by Crippen LogP contribution is -2.60. The number of hydrogen-bond acceptors (Lipinski definition) is 5. The van der Waals surface area contributed by atoms with Gasteiger partial charge in [-0.1, -0.05) is 5.92 Å². The molecule has 12 heteroatoms. The second-order valence-corrected chi connectivity index (χ2v) is 12.0. The molecule has 0 saturated carbocycles. The molecule has 0 spiro atoms. The van der Waals surface area contributed by atoms with Crippen LogP contribution in [0.3, 0.4) is 0 Å². The topological polar surface area (TPSA) is 122 Å². The standard InChI is InChI=1S/C29H35F3N4O5/c1-5-19-12-13-22(24(33)37)36(19)26(39)23(34-27(40)41-28(2,3)4)17-14-20-10-11-21(15-17)35(20)25(38)16-6-8-18(9-7-16)29(30,31)32/h1,6-9,17,19-23H,10-15H2,2-4H3,(H2,33,37)(H,34,40)/t19?,20-,21-,22?,23-/m0/s1. The van der Waals surface area contributed by atoms with Crippen LogP contribution in [0.2, 0.25) is 0 Å². The number of fused-ring (bicyclic) bond motifs is 2. The van der Waals surface area contributed by atoms with Crippen LogP contribution >= 0.6 is 0 Å². The minimum absolute atomic E-state index is 0.145. The van der Waals surface area contributed by atoms with Gasteiger partial charge in [0.1, 0.15) is 17.7 Å². The molecule has 0 radical (unpaired) electrons. The number of primary amides is 1. The summed E-state index contributed by atoms with van der Waals surface area (Å²) < 4.78 is 44.4. The van der Waals surface area contributed by atoms with E-state index in [9.17, 15) is 32.3 Å². The number of terminal acetylenes is 1. The van der Waals surface area contributed by atoms with E-state index >= 15 is 0 Å². The summed E-state index contributed by atoms with van der Waals surface area (Å²) in [5.74, 6) is 0.516. The Morgan fingerprint density at radius 3 is 2.07 bits per heavy atom. The van der Waals surface area contributed by atoms with Gasteiger partial charge in [-0.2, -0.15) is 13.2 Å². The van der Waals surface area contributed by atoms with Crippen LogP contribution in [0.25, 0.3) is 0 Å². The maximum atomic E-state index is 14.0. The zero-order valence-corrected chi connectivity index (χ0v) is 23.2. The Hall–Kier alpha value is -3.75. The normalized spacial score (nSPS) is 26.7.